The number of nitrogens with one attached hydrogen (secondary N) is 1. The van der Waals surface area contributed by atoms with Crippen LogP contribution in [0.15, 0.2) is 36.4 Å². The Morgan fingerprint density at radius 1 is 1.23 bits per heavy atom. The predicted molar refractivity (Wildman–Crippen MR) is 93.9 cm³/mol. The third-order valence-corrected chi connectivity index (χ3v) is 4.92. The van der Waals surface area contributed by atoms with Gasteiger partial charge in [0.15, 0.2) is 0 Å². The van der Waals surface area contributed by atoms with E-state index in [4.69, 9.17) is 4.74 Å². The number of nitrogens with zero attached hydrogens (tertiary/aromatic N) is 1. The van der Waals surface area contributed by atoms with Gasteiger partial charge in [-0.2, -0.15) is 0 Å². The van der Waals surface area contributed by atoms with Gasteiger partial charge in [0.1, 0.15) is 17.8 Å². The zero-order valence-electron chi connectivity index (χ0n) is 14.6. The lowest BCUT2D eigenvalue weighted by Gasteiger charge is -2.32. The number of carbonyl (C=O) groups is 3. The Balaban J connectivity index is 1.80. The van der Waals surface area contributed by atoms with Gasteiger partial charge in [0.25, 0.3) is 5.91 Å². The van der Waals surface area contributed by atoms with Crippen LogP contribution in [-0.2, 0) is 9.59 Å². The molecule has 0 aliphatic carbocycles. The highest BCUT2D eigenvalue weighted by atomic mass is 16.5. The highest BCUT2D eigenvalue weighted by Crippen LogP contribution is 2.29. The molecule has 3 rings (SSSR count). The molecule has 1 aromatic carbocycles. The van der Waals surface area contributed by atoms with Crippen molar-refractivity contribution in [3.8, 4) is 5.75 Å². The molecule has 1 saturated heterocycles. The van der Waals surface area contributed by atoms with Crippen LogP contribution in [0.5, 0.6) is 5.75 Å². The van der Waals surface area contributed by atoms with Gasteiger partial charge in [0.2, 0.25) is 5.91 Å². The van der Waals surface area contributed by atoms with Crippen LogP contribution in [0.1, 0.15) is 36.0 Å². The number of hydrogen-bond acceptors (Lipinski definition) is 4. The lowest BCUT2D eigenvalue weighted by atomic mass is 10.0. The van der Waals surface area contributed by atoms with E-state index in [0.717, 1.165) is 0 Å². The number of carbonyl (C=O) groups excluding carboxylic acids is 2. The minimum Gasteiger partial charge on any atom is -0.497 e. The molecule has 0 radical (unpaired) electrons. The number of fused-ring (bicyclic) bond motifs is 1. The zero-order chi connectivity index (χ0) is 18.7. The number of carboxylic acids is 1. The monoisotopic (exact) mass is 358 g/mol. The van der Waals surface area contributed by atoms with Gasteiger partial charge in [-0.05, 0) is 43.9 Å². The van der Waals surface area contributed by atoms with Crippen molar-refractivity contribution in [1.82, 2.24) is 10.2 Å². The molecule has 0 bridgehead atoms. The molecule has 2 aliphatic rings. The van der Waals surface area contributed by atoms with Crippen molar-refractivity contribution in [3.63, 3.8) is 0 Å². The van der Waals surface area contributed by atoms with Crippen LogP contribution in [0.25, 0.3) is 0 Å². The van der Waals surface area contributed by atoms with E-state index in [1.54, 1.807) is 24.3 Å². The van der Waals surface area contributed by atoms with Crippen molar-refractivity contribution in [2.75, 3.05) is 7.11 Å². The van der Waals surface area contributed by atoms with Crippen LogP contribution in [0.4, 0.5) is 0 Å². The summed E-state index contributed by atoms with van der Waals surface area (Å²) in [5.41, 5.74) is 0.385. The third kappa shape index (κ3) is 3.56. The molecule has 3 atom stereocenters. The van der Waals surface area contributed by atoms with Crippen LogP contribution >= 0.6 is 0 Å². The summed E-state index contributed by atoms with van der Waals surface area (Å²) in [6, 6.07) is 4.92. The largest absolute Gasteiger partial charge is 0.497 e. The van der Waals surface area contributed by atoms with E-state index in [0.29, 0.717) is 37.0 Å². The Hall–Kier alpha value is -2.83. The Bertz CT molecular complexity index is 745. The number of hydrogen-bond donors (Lipinski definition) is 2. The Labute approximate surface area is 151 Å². The number of amides is 2. The molecule has 2 aliphatic heterocycles. The molecule has 2 amide bonds. The van der Waals surface area contributed by atoms with E-state index in [1.807, 2.05) is 12.2 Å². The second-order valence-electron chi connectivity index (χ2n) is 6.53. The summed E-state index contributed by atoms with van der Waals surface area (Å²) < 4.78 is 5.12. The first-order valence-corrected chi connectivity index (χ1v) is 8.66. The third-order valence-electron chi connectivity index (χ3n) is 4.92. The fourth-order valence-corrected chi connectivity index (χ4v) is 3.58. The van der Waals surface area contributed by atoms with E-state index >= 15 is 0 Å². The molecule has 0 unspecified atom stereocenters. The summed E-state index contributed by atoms with van der Waals surface area (Å²) in [6.45, 7) is 0. The lowest BCUT2D eigenvalue weighted by Crippen LogP contribution is -2.54. The van der Waals surface area contributed by atoms with Gasteiger partial charge in [-0.3, -0.25) is 9.59 Å². The van der Waals surface area contributed by atoms with Crippen LogP contribution in [0.2, 0.25) is 0 Å². The zero-order valence-corrected chi connectivity index (χ0v) is 14.6. The van der Waals surface area contributed by atoms with Crippen LogP contribution < -0.4 is 10.1 Å². The number of ether oxygens (including phenoxy) is 1. The van der Waals surface area contributed by atoms with Gasteiger partial charge in [0.05, 0.1) is 7.11 Å². The molecule has 7 heteroatoms. The number of rotatable bonds is 4. The van der Waals surface area contributed by atoms with E-state index in [2.05, 4.69) is 5.32 Å². The Morgan fingerprint density at radius 2 is 2.00 bits per heavy atom. The fourth-order valence-electron chi connectivity index (χ4n) is 3.58. The smallest absolute Gasteiger partial charge is 0.326 e. The van der Waals surface area contributed by atoms with Gasteiger partial charge in [-0.1, -0.05) is 18.2 Å². The number of methoxy groups -OCH3 is 1. The summed E-state index contributed by atoms with van der Waals surface area (Å²) >= 11 is 0. The predicted octanol–water partition coefficient (Wildman–Crippen LogP) is 1.59. The minimum absolute atomic E-state index is 0.128. The number of aliphatic carboxylic acids is 1. The second-order valence-corrected chi connectivity index (χ2v) is 6.53. The summed E-state index contributed by atoms with van der Waals surface area (Å²) in [6.07, 6.45) is 5.91. The lowest BCUT2D eigenvalue weighted by molar-refractivity contribution is -0.150. The van der Waals surface area contributed by atoms with Gasteiger partial charge in [0, 0.05) is 11.6 Å². The topological polar surface area (TPSA) is 95.9 Å². The molecule has 138 valence electrons. The van der Waals surface area contributed by atoms with Crippen molar-refractivity contribution < 1.29 is 24.2 Å². The first-order valence-electron chi connectivity index (χ1n) is 8.66. The van der Waals surface area contributed by atoms with Crippen molar-refractivity contribution >= 4 is 17.8 Å². The van der Waals surface area contributed by atoms with Crippen molar-refractivity contribution in [3.05, 3.63) is 42.0 Å². The van der Waals surface area contributed by atoms with E-state index < -0.39 is 18.1 Å². The maximum Gasteiger partial charge on any atom is 0.326 e. The molecule has 7 nitrogen and oxygen atoms in total. The van der Waals surface area contributed by atoms with Crippen LogP contribution in [0, 0.1) is 0 Å². The maximum atomic E-state index is 13.0. The first kappa shape index (κ1) is 18.0. The fraction of sp³-hybridized carbons (Fsp3) is 0.421. The molecule has 1 fully saturated rings. The standard InChI is InChI=1S/C19H22N2O5/c1-26-14-7-4-5-12(11-14)17(22)20-15-8-3-2-6-13-9-10-16(19(24)25)21(13)18(15)23/h2-5,7,11,13,15-16H,6,8-10H2,1H3,(H,20,22)(H,24,25)/t13-,15+,16+/m1/s1. The van der Waals surface area contributed by atoms with Crippen LogP contribution in [-0.4, -0.2) is 53.0 Å². The van der Waals surface area contributed by atoms with Crippen molar-refractivity contribution in [2.45, 2.75) is 43.8 Å². The average molecular weight is 358 g/mol. The summed E-state index contributed by atoms with van der Waals surface area (Å²) in [7, 11) is 1.51. The van der Waals surface area contributed by atoms with Gasteiger partial charge in [-0.15, -0.1) is 0 Å². The highest BCUT2D eigenvalue weighted by molar-refractivity contribution is 5.98. The average Bonchev–Trinajstić information content (AvgIpc) is 3.06. The summed E-state index contributed by atoms with van der Waals surface area (Å²) in [5, 5.41) is 12.2. The second kappa shape index (κ2) is 7.59. The van der Waals surface area contributed by atoms with Crippen molar-refractivity contribution in [1.29, 1.82) is 0 Å². The Morgan fingerprint density at radius 3 is 2.73 bits per heavy atom. The molecule has 1 aromatic rings. The van der Waals surface area contributed by atoms with Crippen LogP contribution in [0.3, 0.4) is 0 Å². The SMILES string of the molecule is COc1cccc(C(=O)N[C@H]2CC=CC[C@@H]3CC[C@@H](C(=O)O)N3C2=O)c1. The molecular weight excluding hydrogens is 336 g/mol. The molecule has 0 spiro atoms. The minimum atomic E-state index is -0.997. The van der Waals surface area contributed by atoms with Gasteiger partial charge >= 0.3 is 5.97 Å². The molecule has 0 aromatic heterocycles. The van der Waals surface area contributed by atoms with Gasteiger partial charge < -0.3 is 20.1 Å². The van der Waals surface area contributed by atoms with E-state index in [-0.39, 0.29) is 17.9 Å². The first-order chi connectivity index (χ1) is 12.5. The highest BCUT2D eigenvalue weighted by Gasteiger charge is 2.43. The molecule has 0 saturated carbocycles. The van der Waals surface area contributed by atoms with Gasteiger partial charge in [-0.25, -0.2) is 4.79 Å². The normalized spacial score (nSPS) is 25.2. The number of carboxylic acid groups (broad SMARTS) is 1. The quantitative estimate of drug-likeness (QED) is 0.797. The molecule has 2 N–H and O–H groups in total. The molecular formula is C19H22N2O5. The Kier molecular flexibility index (Phi) is 5.25. The number of benzene rings is 1. The summed E-state index contributed by atoms with van der Waals surface area (Å²) in [4.78, 5) is 38.5. The van der Waals surface area contributed by atoms with E-state index in [1.165, 1.54) is 12.0 Å². The maximum absolute atomic E-state index is 13.0. The van der Waals surface area contributed by atoms with Crippen molar-refractivity contribution in [2.24, 2.45) is 0 Å². The van der Waals surface area contributed by atoms with E-state index in [9.17, 15) is 19.5 Å². The molecule has 2 heterocycles. The summed E-state index contributed by atoms with van der Waals surface area (Å²) in [5.74, 6) is -1.17. The molecule has 26 heavy (non-hydrogen) atoms.